The Kier molecular flexibility index (Phi) is 5.92. The van der Waals surface area contributed by atoms with E-state index in [-0.39, 0.29) is 10.6 Å². The molecule has 0 radical (unpaired) electrons. The van der Waals surface area contributed by atoms with Crippen LogP contribution in [-0.2, 0) is 14.3 Å². The maximum absolute atomic E-state index is 12.4. The van der Waals surface area contributed by atoms with Crippen molar-refractivity contribution in [2.45, 2.75) is 17.9 Å². The molecule has 0 saturated heterocycles. The van der Waals surface area contributed by atoms with Crippen LogP contribution in [0.25, 0.3) is 5.76 Å². The Balaban J connectivity index is 3.39. The molecule has 12 heteroatoms. The molecule has 1 aromatic carbocycles. The number of alkyl halides is 6. The van der Waals surface area contributed by atoms with Gasteiger partial charge in [-0.15, -0.1) is 0 Å². The van der Waals surface area contributed by atoms with E-state index in [9.17, 15) is 34.8 Å². The van der Waals surface area contributed by atoms with Crippen molar-refractivity contribution in [2.24, 2.45) is 0 Å². The zero-order valence-electron chi connectivity index (χ0n) is 11.0. The van der Waals surface area contributed by atoms with Crippen LogP contribution in [-0.4, -0.2) is 19.4 Å². The molecule has 0 amide bonds. The summed E-state index contributed by atoms with van der Waals surface area (Å²) in [7, 11) is -6.13. The molecule has 0 aliphatic rings. The lowest BCUT2D eigenvalue weighted by Crippen LogP contribution is -2.25. The molecule has 1 aromatic rings. The van der Waals surface area contributed by atoms with Gasteiger partial charge in [-0.05, 0) is 43.0 Å². The second kappa shape index (κ2) is 6.81. The molecule has 0 aliphatic heterocycles. The van der Waals surface area contributed by atoms with Crippen LogP contribution in [0.5, 0.6) is 0 Å². The second-order valence-corrected chi connectivity index (χ2v) is 7.18. The Hall–Kier alpha value is -1.07. The maximum atomic E-state index is 12.4. The topological polar surface area (TPSA) is 43.4 Å². The van der Waals surface area contributed by atoms with Crippen LogP contribution < -0.4 is 0 Å². The van der Waals surface area contributed by atoms with E-state index in [1.54, 1.807) is 0 Å². The fourth-order valence-electron chi connectivity index (χ4n) is 1.29. The Morgan fingerprint density at radius 2 is 1.57 bits per heavy atom. The Morgan fingerprint density at radius 1 is 1.09 bits per heavy atom. The van der Waals surface area contributed by atoms with Gasteiger partial charge in [0.15, 0.2) is 5.76 Å². The monoisotopic (exact) mass is 400 g/mol. The summed E-state index contributed by atoms with van der Waals surface area (Å²) in [5, 5.41) is 0.146. The fraction of sp³-hybridized carbons (Fsp3) is 0.273. The van der Waals surface area contributed by atoms with E-state index >= 15 is 0 Å². The van der Waals surface area contributed by atoms with Crippen LogP contribution in [0.2, 0.25) is 5.02 Å². The van der Waals surface area contributed by atoms with Crippen LogP contribution in [0.3, 0.4) is 0 Å². The quantitative estimate of drug-likeness (QED) is 0.303. The second-order valence-electron chi connectivity index (χ2n) is 3.92. The van der Waals surface area contributed by atoms with E-state index in [1.165, 1.54) is 0 Å². The standard InChI is InChI=1S/C11H7ClF6O3S2/c1-6(22-10(13,14)15)9(7-2-4-8(12)5-3-7)21-23(19,20)11(16,17)18/h2-5H,1H3/b9-6+. The molecule has 0 aromatic heterocycles. The number of hydrogen-bond acceptors (Lipinski definition) is 4. The molecule has 130 valence electrons. The highest BCUT2D eigenvalue weighted by Gasteiger charge is 2.49. The molecule has 1 rings (SSSR count). The van der Waals surface area contributed by atoms with Crippen molar-refractivity contribution < 1.29 is 38.9 Å². The van der Waals surface area contributed by atoms with E-state index in [1.807, 2.05) is 0 Å². The molecule has 0 bridgehead atoms. The average Bonchev–Trinajstić information content (AvgIpc) is 2.33. The van der Waals surface area contributed by atoms with Gasteiger partial charge < -0.3 is 4.18 Å². The van der Waals surface area contributed by atoms with Gasteiger partial charge in [0.1, 0.15) is 0 Å². The maximum Gasteiger partial charge on any atom is 0.534 e. The SMILES string of the molecule is C/C(SC(F)(F)F)=C(\OS(=O)(=O)C(F)(F)F)c1ccc(Cl)cc1. The van der Waals surface area contributed by atoms with Crippen molar-refractivity contribution in [3.8, 4) is 0 Å². The Labute approximate surface area is 136 Å². The molecule has 3 nitrogen and oxygen atoms in total. The molecule has 0 unspecified atom stereocenters. The molecule has 0 N–H and O–H groups in total. The van der Waals surface area contributed by atoms with Crippen LogP contribution in [0.15, 0.2) is 29.2 Å². The summed E-state index contributed by atoms with van der Waals surface area (Å²) in [6.07, 6.45) is 0. The highest BCUT2D eigenvalue weighted by atomic mass is 35.5. The molecule has 23 heavy (non-hydrogen) atoms. The molecule has 0 spiro atoms. The minimum absolute atomic E-state index is 0.146. The van der Waals surface area contributed by atoms with Gasteiger partial charge in [-0.25, -0.2) is 0 Å². The number of allylic oxidation sites excluding steroid dienone is 1. The first-order valence-electron chi connectivity index (χ1n) is 5.46. The molecule has 0 aliphatic carbocycles. The summed E-state index contributed by atoms with van der Waals surface area (Å²) in [6, 6.07) is 4.38. The Morgan fingerprint density at radius 3 is 1.96 bits per heavy atom. The smallest absolute Gasteiger partial charge is 0.375 e. The van der Waals surface area contributed by atoms with Crippen LogP contribution in [0, 0.1) is 0 Å². The third-order valence-corrected chi connectivity index (χ3v) is 4.10. The zero-order valence-corrected chi connectivity index (χ0v) is 13.4. The summed E-state index contributed by atoms with van der Waals surface area (Å²) in [5.74, 6) is -1.08. The molecule has 0 fully saturated rings. The summed E-state index contributed by atoms with van der Waals surface area (Å²) in [6.45, 7) is 0.786. The Bertz CT molecular complexity index is 692. The average molecular weight is 401 g/mol. The fourth-order valence-corrected chi connectivity index (χ4v) is 2.60. The lowest BCUT2D eigenvalue weighted by atomic mass is 10.2. The largest absolute Gasteiger partial charge is 0.534 e. The minimum atomic E-state index is -6.13. The highest BCUT2D eigenvalue weighted by Crippen LogP contribution is 2.41. The number of hydrogen-bond donors (Lipinski definition) is 0. The third-order valence-electron chi connectivity index (χ3n) is 2.17. The van der Waals surface area contributed by atoms with Crippen molar-refractivity contribution in [1.29, 1.82) is 0 Å². The highest BCUT2D eigenvalue weighted by molar-refractivity contribution is 8.04. The number of halogens is 7. The van der Waals surface area contributed by atoms with Gasteiger partial charge in [0.05, 0.1) is 0 Å². The van der Waals surface area contributed by atoms with Crippen LogP contribution >= 0.6 is 23.4 Å². The number of rotatable bonds is 4. The van der Waals surface area contributed by atoms with Gasteiger partial charge in [-0.2, -0.15) is 34.8 Å². The summed E-state index contributed by atoms with van der Waals surface area (Å²) < 4.78 is 100. The molecule has 0 saturated carbocycles. The van der Waals surface area contributed by atoms with Gasteiger partial charge in [0, 0.05) is 15.5 Å². The van der Waals surface area contributed by atoms with Crippen molar-refractivity contribution >= 4 is 39.2 Å². The molecular weight excluding hydrogens is 394 g/mol. The van der Waals surface area contributed by atoms with E-state index in [4.69, 9.17) is 11.6 Å². The van der Waals surface area contributed by atoms with E-state index in [2.05, 4.69) is 4.18 Å². The number of benzene rings is 1. The zero-order chi connectivity index (χ0) is 18.1. The first kappa shape index (κ1) is 20.0. The normalized spacial score (nSPS) is 14.4. The van der Waals surface area contributed by atoms with Gasteiger partial charge in [0.2, 0.25) is 0 Å². The molecule has 0 heterocycles. The van der Waals surface area contributed by atoms with Crippen molar-refractivity contribution in [1.82, 2.24) is 0 Å². The molecule has 0 atom stereocenters. The summed E-state index contributed by atoms with van der Waals surface area (Å²) >= 11 is 4.77. The van der Waals surface area contributed by atoms with Gasteiger partial charge in [0.25, 0.3) is 0 Å². The lowest BCUT2D eigenvalue weighted by molar-refractivity contribution is -0.0509. The van der Waals surface area contributed by atoms with Crippen molar-refractivity contribution in [3.63, 3.8) is 0 Å². The first-order chi connectivity index (χ1) is 10.2. The predicted molar refractivity (Wildman–Crippen MR) is 73.8 cm³/mol. The van der Waals surface area contributed by atoms with Gasteiger partial charge in [-0.3, -0.25) is 0 Å². The number of thioether (sulfide) groups is 1. The summed E-state index contributed by atoms with van der Waals surface area (Å²) in [4.78, 5) is -0.812. The van der Waals surface area contributed by atoms with Gasteiger partial charge >= 0.3 is 21.1 Å². The minimum Gasteiger partial charge on any atom is -0.375 e. The van der Waals surface area contributed by atoms with E-state index in [0.717, 1.165) is 31.2 Å². The lowest BCUT2D eigenvalue weighted by Gasteiger charge is -2.16. The molecular formula is C11H7ClF6O3S2. The van der Waals surface area contributed by atoms with E-state index in [0.29, 0.717) is 0 Å². The van der Waals surface area contributed by atoms with Crippen LogP contribution in [0.4, 0.5) is 26.3 Å². The first-order valence-corrected chi connectivity index (χ1v) is 8.06. The van der Waals surface area contributed by atoms with Gasteiger partial charge in [-0.1, -0.05) is 11.6 Å². The van der Waals surface area contributed by atoms with Crippen molar-refractivity contribution in [2.75, 3.05) is 0 Å². The van der Waals surface area contributed by atoms with Crippen LogP contribution in [0.1, 0.15) is 12.5 Å². The van der Waals surface area contributed by atoms with E-state index < -0.39 is 43.6 Å². The predicted octanol–water partition coefficient (Wildman–Crippen LogP) is 5.15. The van der Waals surface area contributed by atoms with Crippen molar-refractivity contribution in [3.05, 3.63) is 39.8 Å². The summed E-state index contributed by atoms with van der Waals surface area (Å²) in [5.41, 5.74) is -10.9. The third kappa shape index (κ3) is 5.81.